The predicted molar refractivity (Wildman–Crippen MR) is 112 cm³/mol. The normalized spacial score (nSPS) is 15.9. The first-order chi connectivity index (χ1) is 13.0. The molecule has 1 aromatic heterocycles. The second-order valence-corrected chi connectivity index (χ2v) is 7.58. The summed E-state index contributed by atoms with van der Waals surface area (Å²) in [5.41, 5.74) is 4.96. The Balaban J connectivity index is 1.67. The molecular formula is C22H26N4O. The molecule has 27 heavy (non-hydrogen) atoms. The van der Waals surface area contributed by atoms with E-state index in [0.717, 1.165) is 48.4 Å². The number of nitrogens with one attached hydrogen (secondary N) is 1. The van der Waals surface area contributed by atoms with Crippen molar-refractivity contribution in [1.29, 1.82) is 0 Å². The number of aryl methyl sites for hydroxylation is 2. The molecule has 0 atom stereocenters. The number of aromatic nitrogens is 2. The second kappa shape index (κ2) is 7.16. The summed E-state index contributed by atoms with van der Waals surface area (Å²) in [6.45, 7) is 8.35. The minimum atomic E-state index is -0.0820. The van der Waals surface area contributed by atoms with Gasteiger partial charge in [-0.2, -0.15) is 0 Å². The number of rotatable bonds is 2. The highest BCUT2D eigenvalue weighted by molar-refractivity contribution is 5.83. The number of hydrogen-bond acceptors (Lipinski definition) is 4. The number of likely N-dealkylation sites (N-methyl/N-ethyl adjacent to an activating group) is 1. The minimum absolute atomic E-state index is 0.0820. The van der Waals surface area contributed by atoms with E-state index >= 15 is 0 Å². The molecule has 4 rings (SSSR count). The SMILES string of the molecule is Cc1cc(C)c2nc(-c3ccc(N4CCCN(C)CC4)cc3)[nH]c(=O)c2c1. The molecule has 0 aliphatic carbocycles. The van der Waals surface area contributed by atoms with E-state index in [-0.39, 0.29) is 5.56 Å². The molecule has 3 aromatic rings. The third kappa shape index (κ3) is 3.60. The first-order valence-electron chi connectivity index (χ1n) is 9.56. The van der Waals surface area contributed by atoms with Crippen molar-refractivity contribution in [3.8, 4) is 11.4 Å². The maximum Gasteiger partial charge on any atom is 0.259 e. The van der Waals surface area contributed by atoms with Gasteiger partial charge < -0.3 is 14.8 Å². The Kier molecular flexibility index (Phi) is 4.70. The van der Waals surface area contributed by atoms with E-state index in [1.54, 1.807) is 0 Å². The third-order valence-corrected chi connectivity index (χ3v) is 5.37. The molecule has 1 aliphatic heterocycles. The van der Waals surface area contributed by atoms with Gasteiger partial charge >= 0.3 is 0 Å². The molecule has 0 unspecified atom stereocenters. The van der Waals surface area contributed by atoms with Gasteiger partial charge in [-0.3, -0.25) is 4.79 Å². The summed E-state index contributed by atoms with van der Waals surface area (Å²) in [7, 11) is 2.18. The van der Waals surface area contributed by atoms with E-state index < -0.39 is 0 Å². The zero-order valence-corrected chi connectivity index (χ0v) is 16.2. The van der Waals surface area contributed by atoms with Crippen LogP contribution in [0.2, 0.25) is 0 Å². The molecule has 0 amide bonds. The summed E-state index contributed by atoms with van der Waals surface area (Å²) < 4.78 is 0. The van der Waals surface area contributed by atoms with Crippen LogP contribution in [0.25, 0.3) is 22.3 Å². The highest BCUT2D eigenvalue weighted by Gasteiger charge is 2.13. The standard InChI is InChI=1S/C22H26N4O/c1-15-13-16(2)20-19(14-15)22(27)24-21(23-20)17-5-7-18(8-6-17)26-10-4-9-25(3)11-12-26/h5-8,13-14H,4,9-12H2,1-3H3,(H,23,24,27). The average Bonchev–Trinajstić information content (AvgIpc) is 2.87. The van der Waals surface area contributed by atoms with E-state index in [2.05, 4.69) is 52.2 Å². The Morgan fingerprint density at radius 3 is 2.56 bits per heavy atom. The monoisotopic (exact) mass is 362 g/mol. The molecule has 140 valence electrons. The van der Waals surface area contributed by atoms with E-state index in [1.165, 1.54) is 12.1 Å². The maximum atomic E-state index is 12.6. The fourth-order valence-electron chi connectivity index (χ4n) is 3.87. The Labute approximate surface area is 159 Å². The Morgan fingerprint density at radius 2 is 1.78 bits per heavy atom. The molecule has 1 saturated heterocycles. The summed E-state index contributed by atoms with van der Waals surface area (Å²) in [6, 6.07) is 12.3. The summed E-state index contributed by atoms with van der Waals surface area (Å²) in [5, 5.41) is 0.654. The maximum absolute atomic E-state index is 12.6. The molecule has 1 aliphatic rings. The smallest absolute Gasteiger partial charge is 0.259 e. The zero-order chi connectivity index (χ0) is 19.0. The average molecular weight is 362 g/mol. The number of hydrogen-bond donors (Lipinski definition) is 1. The van der Waals surface area contributed by atoms with Crippen LogP contribution >= 0.6 is 0 Å². The van der Waals surface area contributed by atoms with Crippen LogP contribution in [-0.4, -0.2) is 48.1 Å². The predicted octanol–water partition coefficient (Wildman–Crippen LogP) is 3.35. The third-order valence-electron chi connectivity index (χ3n) is 5.37. The summed E-state index contributed by atoms with van der Waals surface area (Å²) in [5.74, 6) is 0.626. The first-order valence-corrected chi connectivity index (χ1v) is 9.56. The van der Waals surface area contributed by atoms with Gasteiger partial charge in [0.15, 0.2) is 0 Å². The van der Waals surface area contributed by atoms with Crippen LogP contribution in [-0.2, 0) is 0 Å². The van der Waals surface area contributed by atoms with Crippen molar-refractivity contribution in [2.45, 2.75) is 20.3 Å². The van der Waals surface area contributed by atoms with Gasteiger partial charge in [0, 0.05) is 30.9 Å². The summed E-state index contributed by atoms with van der Waals surface area (Å²) >= 11 is 0. The number of nitrogens with zero attached hydrogens (tertiary/aromatic N) is 3. The summed E-state index contributed by atoms with van der Waals surface area (Å²) in [6.07, 6.45) is 1.18. The van der Waals surface area contributed by atoms with Gasteiger partial charge in [0.1, 0.15) is 5.82 Å². The molecule has 1 fully saturated rings. The topological polar surface area (TPSA) is 52.2 Å². The first kappa shape index (κ1) is 17.7. The number of fused-ring (bicyclic) bond motifs is 1. The molecule has 1 N–H and O–H groups in total. The number of H-pyrrole nitrogens is 1. The van der Waals surface area contributed by atoms with Crippen LogP contribution in [0.3, 0.4) is 0 Å². The molecule has 5 nitrogen and oxygen atoms in total. The zero-order valence-electron chi connectivity index (χ0n) is 16.2. The van der Waals surface area contributed by atoms with Crippen molar-refractivity contribution in [2.75, 3.05) is 38.1 Å². The Hall–Kier alpha value is -2.66. The largest absolute Gasteiger partial charge is 0.370 e. The molecule has 0 spiro atoms. The van der Waals surface area contributed by atoms with E-state index in [9.17, 15) is 4.79 Å². The van der Waals surface area contributed by atoms with Gasteiger partial charge in [-0.25, -0.2) is 4.98 Å². The lowest BCUT2D eigenvalue weighted by atomic mass is 10.1. The van der Waals surface area contributed by atoms with Crippen molar-refractivity contribution in [2.24, 2.45) is 0 Å². The van der Waals surface area contributed by atoms with Crippen molar-refractivity contribution < 1.29 is 0 Å². The quantitative estimate of drug-likeness (QED) is 0.760. The molecule has 0 saturated carbocycles. The fourth-order valence-corrected chi connectivity index (χ4v) is 3.87. The van der Waals surface area contributed by atoms with Crippen LogP contribution in [0.1, 0.15) is 17.5 Å². The number of aromatic amines is 1. The van der Waals surface area contributed by atoms with Gasteiger partial charge in [0.2, 0.25) is 0 Å². The van der Waals surface area contributed by atoms with Gasteiger partial charge in [-0.15, -0.1) is 0 Å². The fraction of sp³-hybridized carbons (Fsp3) is 0.364. The van der Waals surface area contributed by atoms with E-state index in [4.69, 9.17) is 4.98 Å². The number of benzene rings is 2. The Bertz CT molecular complexity index is 1020. The molecule has 0 bridgehead atoms. The highest BCUT2D eigenvalue weighted by atomic mass is 16.1. The minimum Gasteiger partial charge on any atom is -0.370 e. The van der Waals surface area contributed by atoms with E-state index in [1.807, 2.05) is 19.9 Å². The second-order valence-electron chi connectivity index (χ2n) is 7.58. The van der Waals surface area contributed by atoms with Gasteiger partial charge in [-0.1, -0.05) is 6.07 Å². The lowest BCUT2D eigenvalue weighted by Gasteiger charge is -2.23. The van der Waals surface area contributed by atoms with Crippen LogP contribution in [0.5, 0.6) is 0 Å². The molecular weight excluding hydrogens is 336 g/mol. The van der Waals surface area contributed by atoms with Gasteiger partial charge in [-0.05, 0) is 75.3 Å². The van der Waals surface area contributed by atoms with Gasteiger partial charge in [0.25, 0.3) is 5.56 Å². The van der Waals surface area contributed by atoms with Crippen molar-refractivity contribution in [3.05, 3.63) is 57.9 Å². The Morgan fingerprint density at radius 1 is 1.00 bits per heavy atom. The highest BCUT2D eigenvalue weighted by Crippen LogP contribution is 2.23. The molecule has 0 radical (unpaired) electrons. The lowest BCUT2D eigenvalue weighted by molar-refractivity contribution is 0.360. The van der Waals surface area contributed by atoms with Crippen LogP contribution in [0, 0.1) is 13.8 Å². The van der Waals surface area contributed by atoms with Gasteiger partial charge in [0.05, 0.1) is 10.9 Å². The van der Waals surface area contributed by atoms with E-state index in [0.29, 0.717) is 11.2 Å². The van der Waals surface area contributed by atoms with Crippen molar-refractivity contribution in [3.63, 3.8) is 0 Å². The van der Waals surface area contributed by atoms with Crippen LogP contribution in [0.4, 0.5) is 5.69 Å². The molecule has 2 aromatic carbocycles. The number of anilines is 1. The van der Waals surface area contributed by atoms with Crippen molar-refractivity contribution >= 4 is 16.6 Å². The lowest BCUT2D eigenvalue weighted by Crippen LogP contribution is -2.28. The van der Waals surface area contributed by atoms with Crippen LogP contribution < -0.4 is 10.5 Å². The molecule has 5 heteroatoms. The summed E-state index contributed by atoms with van der Waals surface area (Å²) in [4.78, 5) is 25.0. The van der Waals surface area contributed by atoms with Crippen LogP contribution in [0.15, 0.2) is 41.2 Å². The van der Waals surface area contributed by atoms with Crippen molar-refractivity contribution in [1.82, 2.24) is 14.9 Å². The molecule has 2 heterocycles.